The molecule has 1 N–H and O–H groups in total. The van der Waals surface area contributed by atoms with Crippen LogP contribution >= 0.6 is 0 Å². The predicted molar refractivity (Wildman–Crippen MR) is 109 cm³/mol. The first kappa shape index (κ1) is 19.3. The van der Waals surface area contributed by atoms with Crippen LogP contribution in [0.25, 0.3) is 21.8 Å². The number of likely N-dealkylation sites (N-methyl/N-ethyl adjacent to an activating group) is 1. The molecule has 0 aliphatic carbocycles. The SMILES string of the molecule is CN(C(=O)c1ccc2nccnc2c1)C1COCc2[nH]c(=O)c3cc(F)c(F)cc3c21. The molecule has 0 saturated carbocycles. The number of aromatic amines is 1. The van der Waals surface area contributed by atoms with Crippen molar-refractivity contribution < 1.29 is 18.3 Å². The molecule has 1 atom stereocenters. The first-order valence-corrected chi connectivity index (χ1v) is 9.53. The van der Waals surface area contributed by atoms with Crippen LogP contribution in [0.5, 0.6) is 0 Å². The standard InChI is InChI=1S/C22H16F2N4O3/c1-28(22(30)11-2-3-16-17(6-11)26-5-4-25-16)19-10-31-9-18-20(19)12-7-14(23)15(24)8-13(12)21(29)27-18/h2-8,19H,9-10H2,1H3,(H,27,29). The molecule has 0 fully saturated rings. The quantitative estimate of drug-likeness (QED) is 0.536. The molecule has 31 heavy (non-hydrogen) atoms. The van der Waals surface area contributed by atoms with E-state index >= 15 is 0 Å². The number of hydrogen-bond acceptors (Lipinski definition) is 5. The summed E-state index contributed by atoms with van der Waals surface area (Å²) < 4.78 is 33.4. The van der Waals surface area contributed by atoms with Gasteiger partial charge in [-0.25, -0.2) is 8.78 Å². The number of halogens is 2. The number of fused-ring (bicyclic) bond motifs is 4. The van der Waals surface area contributed by atoms with Crippen LogP contribution in [-0.4, -0.2) is 39.4 Å². The van der Waals surface area contributed by atoms with Crippen molar-refractivity contribution in [2.24, 2.45) is 0 Å². The lowest BCUT2D eigenvalue weighted by Gasteiger charge is -2.34. The zero-order chi connectivity index (χ0) is 21.7. The molecule has 9 heteroatoms. The number of rotatable bonds is 2. The van der Waals surface area contributed by atoms with E-state index < -0.39 is 23.2 Å². The normalized spacial score (nSPS) is 15.8. The fourth-order valence-electron chi connectivity index (χ4n) is 3.99. The second-order valence-electron chi connectivity index (χ2n) is 7.37. The molecule has 1 unspecified atom stereocenters. The first-order chi connectivity index (χ1) is 14.9. The van der Waals surface area contributed by atoms with Crippen LogP contribution in [0.4, 0.5) is 8.78 Å². The maximum atomic E-state index is 14.0. The lowest BCUT2D eigenvalue weighted by molar-refractivity contribution is 0.0336. The molecule has 5 rings (SSSR count). The second kappa shape index (κ2) is 7.21. The van der Waals surface area contributed by atoms with Crippen molar-refractivity contribution in [1.82, 2.24) is 19.9 Å². The second-order valence-corrected chi connectivity index (χ2v) is 7.37. The number of carbonyl (C=O) groups is 1. The number of carbonyl (C=O) groups excluding carboxylic acids is 1. The van der Waals surface area contributed by atoms with E-state index in [-0.39, 0.29) is 29.9 Å². The number of nitrogens with one attached hydrogen (secondary N) is 1. The molecule has 156 valence electrons. The summed E-state index contributed by atoms with van der Waals surface area (Å²) >= 11 is 0. The van der Waals surface area contributed by atoms with Crippen molar-refractivity contribution in [1.29, 1.82) is 0 Å². The minimum absolute atomic E-state index is 0.0198. The van der Waals surface area contributed by atoms with Gasteiger partial charge in [-0.2, -0.15) is 0 Å². The van der Waals surface area contributed by atoms with E-state index in [1.165, 1.54) is 4.90 Å². The van der Waals surface area contributed by atoms with Crippen LogP contribution in [0, 0.1) is 11.6 Å². The van der Waals surface area contributed by atoms with Gasteiger partial charge in [-0.15, -0.1) is 0 Å². The highest BCUT2D eigenvalue weighted by Gasteiger charge is 2.31. The molecule has 0 radical (unpaired) electrons. The van der Waals surface area contributed by atoms with Crippen molar-refractivity contribution in [3.05, 3.63) is 81.5 Å². The van der Waals surface area contributed by atoms with Gasteiger partial charge in [0.05, 0.1) is 35.7 Å². The maximum absolute atomic E-state index is 14.0. The Morgan fingerprint density at radius 2 is 1.81 bits per heavy atom. The fraction of sp³-hybridized carbons (Fsp3) is 0.182. The smallest absolute Gasteiger partial charge is 0.256 e. The van der Waals surface area contributed by atoms with Crippen molar-refractivity contribution in [3.63, 3.8) is 0 Å². The van der Waals surface area contributed by atoms with Crippen LogP contribution < -0.4 is 5.56 Å². The number of aromatic nitrogens is 3. The Kier molecular flexibility index (Phi) is 4.48. The highest BCUT2D eigenvalue weighted by molar-refractivity contribution is 5.98. The predicted octanol–water partition coefficient (Wildman–Crippen LogP) is 3.09. The number of hydrogen-bond donors (Lipinski definition) is 1. The van der Waals surface area contributed by atoms with Crippen LogP contribution in [0.2, 0.25) is 0 Å². The lowest BCUT2D eigenvalue weighted by atomic mass is 9.95. The van der Waals surface area contributed by atoms with Gasteiger partial charge in [-0.3, -0.25) is 19.6 Å². The van der Waals surface area contributed by atoms with Gasteiger partial charge in [-0.1, -0.05) is 0 Å². The van der Waals surface area contributed by atoms with Crippen LogP contribution in [0.1, 0.15) is 27.7 Å². The molecule has 0 bridgehead atoms. The van der Waals surface area contributed by atoms with Gasteiger partial charge in [0, 0.05) is 36.3 Å². The number of amides is 1. The van der Waals surface area contributed by atoms with Crippen molar-refractivity contribution >= 4 is 27.7 Å². The Balaban J connectivity index is 1.61. The van der Waals surface area contributed by atoms with Crippen LogP contribution in [0.15, 0.2) is 47.5 Å². The third-order valence-corrected chi connectivity index (χ3v) is 5.54. The van der Waals surface area contributed by atoms with Crippen molar-refractivity contribution in [2.75, 3.05) is 13.7 Å². The van der Waals surface area contributed by atoms with Gasteiger partial charge >= 0.3 is 0 Å². The molecule has 1 aliphatic rings. The molecule has 3 heterocycles. The van der Waals surface area contributed by atoms with E-state index in [9.17, 15) is 18.4 Å². The molecule has 7 nitrogen and oxygen atoms in total. The minimum atomic E-state index is -1.11. The molecule has 1 aliphatic heterocycles. The molecule has 0 saturated heterocycles. The largest absolute Gasteiger partial charge is 0.373 e. The van der Waals surface area contributed by atoms with Gasteiger partial charge in [0.1, 0.15) is 0 Å². The van der Waals surface area contributed by atoms with Crippen LogP contribution in [0.3, 0.4) is 0 Å². The molecule has 0 spiro atoms. The molecule has 4 aromatic rings. The van der Waals surface area contributed by atoms with Gasteiger partial charge in [-0.05, 0) is 35.7 Å². The first-order valence-electron chi connectivity index (χ1n) is 9.53. The highest BCUT2D eigenvalue weighted by Crippen LogP contribution is 2.34. The van der Waals surface area contributed by atoms with E-state index in [1.807, 2.05) is 0 Å². The van der Waals surface area contributed by atoms with Crippen molar-refractivity contribution in [2.45, 2.75) is 12.6 Å². The Morgan fingerprint density at radius 1 is 1.10 bits per heavy atom. The molecular formula is C22H16F2N4O3. The van der Waals surface area contributed by atoms with E-state index in [4.69, 9.17) is 4.74 Å². The third kappa shape index (κ3) is 3.14. The fourth-order valence-corrected chi connectivity index (χ4v) is 3.99. The summed E-state index contributed by atoms with van der Waals surface area (Å²) in [4.78, 5) is 38.2. The molecule has 1 amide bonds. The summed E-state index contributed by atoms with van der Waals surface area (Å²) in [7, 11) is 1.60. The zero-order valence-corrected chi connectivity index (χ0v) is 16.4. The third-order valence-electron chi connectivity index (χ3n) is 5.54. The Hall–Kier alpha value is -3.72. The Morgan fingerprint density at radius 3 is 2.58 bits per heavy atom. The Labute approximate surface area is 174 Å². The van der Waals surface area contributed by atoms with Crippen LogP contribution in [-0.2, 0) is 11.3 Å². The molecular weight excluding hydrogens is 406 g/mol. The van der Waals surface area contributed by atoms with E-state index in [0.29, 0.717) is 27.9 Å². The van der Waals surface area contributed by atoms with Crippen molar-refractivity contribution in [3.8, 4) is 0 Å². The average molecular weight is 422 g/mol. The number of ether oxygens (including phenoxy) is 1. The molecule has 2 aromatic heterocycles. The summed E-state index contributed by atoms with van der Waals surface area (Å²) in [6.45, 7) is 0.242. The Bertz CT molecular complexity index is 1420. The number of benzene rings is 2. The summed E-state index contributed by atoms with van der Waals surface area (Å²) in [6.07, 6.45) is 3.11. The summed E-state index contributed by atoms with van der Waals surface area (Å²) in [5, 5.41) is 0.279. The topological polar surface area (TPSA) is 88.2 Å². The van der Waals surface area contributed by atoms with E-state index in [2.05, 4.69) is 15.0 Å². The maximum Gasteiger partial charge on any atom is 0.256 e. The van der Waals surface area contributed by atoms with Gasteiger partial charge in [0.2, 0.25) is 0 Å². The molecule has 2 aromatic carbocycles. The number of pyridine rings is 1. The van der Waals surface area contributed by atoms with Gasteiger partial charge < -0.3 is 14.6 Å². The summed E-state index contributed by atoms with van der Waals surface area (Å²) in [6, 6.07) is 6.27. The summed E-state index contributed by atoms with van der Waals surface area (Å²) in [5.41, 5.74) is 2.07. The summed E-state index contributed by atoms with van der Waals surface area (Å²) in [5.74, 6) is -2.48. The number of H-pyrrole nitrogens is 1. The monoisotopic (exact) mass is 422 g/mol. The van der Waals surface area contributed by atoms with Gasteiger partial charge in [0.15, 0.2) is 11.6 Å². The van der Waals surface area contributed by atoms with E-state index in [0.717, 1.165) is 12.1 Å². The van der Waals surface area contributed by atoms with Gasteiger partial charge in [0.25, 0.3) is 11.5 Å². The average Bonchev–Trinajstić information content (AvgIpc) is 2.78. The highest BCUT2D eigenvalue weighted by atomic mass is 19.2. The van der Waals surface area contributed by atoms with E-state index in [1.54, 1.807) is 37.6 Å². The minimum Gasteiger partial charge on any atom is -0.373 e. The zero-order valence-electron chi connectivity index (χ0n) is 16.4. The number of nitrogens with zero attached hydrogens (tertiary/aromatic N) is 3. The lowest BCUT2D eigenvalue weighted by Crippen LogP contribution is -2.37.